The number of benzene rings is 1. The summed E-state index contributed by atoms with van der Waals surface area (Å²) in [4.78, 5) is 0. The van der Waals surface area contributed by atoms with Gasteiger partial charge in [-0.1, -0.05) is 58.2 Å². The van der Waals surface area contributed by atoms with Crippen molar-refractivity contribution < 1.29 is 4.74 Å². The molecule has 0 spiro atoms. The molecule has 1 aromatic rings. The van der Waals surface area contributed by atoms with Crippen molar-refractivity contribution in [2.75, 3.05) is 13.2 Å². The largest absolute Gasteiger partial charge is 0.493 e. The van der Waals surface area contributed by atoms with Gasteiger partial charge in [0.1, 0.15) is 5.75 Å². The lowest BCUT2D eigenvalue weighted by atomic mass is 9.85. The molecule has 118 valence electrons. The molecule has 2 atom stereocenters. The molecule has 0 saturated heterocycles. The summed E-state index contributed by atoms with van der Waals surface area (Å²) in [6.45, 7) is 8.69. The van der Waals surface area contributed by atoms with Crippen molar-refractivity contribution in [3.05, 3.63) is 29.3 Å². The minimum absolute atomic E-state index is 0.430. The fourth-order valence-electron chi connectivity index (χ4n) is 3.48. The molecule has 0 aliphatic carbocycles. The first-order valence-corrected chi connectivity index (χ1v) is 8.79. The summed E-state index contributed by atoms with van der Waals surface area (Å²) in [6.07, 6.45) is 7.42. The van der Waals surface area contributed by atoms with E-state index in [0.717, 1.165) is 26.0 Å². The van der Waals surface area contributed by atoms with Gasteiger partial charge < -0.3 is 10.1 Å². The van der Waals surface area contributed by atoms with Crippen LogP contribution in [-0.2, 0) is 6.42 Å². The monoisotopic (exact) mass is 289 g/mol. The summed E-state index contributed by atoms with van der Waals surface area (Å²) in [6, 6.07) is 7.14. The van der Waals surface area contributed by atoms with E-state index in [0.29, 0.717) is 12.0 Å². The highest BCUT2D eigenvalue weighted by Crippen LogP contribution is 2.38. The van der Waals surface area contributed by atoms with Crippen LogP contribution in [0.1, 0.15) is 70.0 Å². The zero-order chi connectivity index (χ0) is 15.1. The second kappa shape index (κ2) is 8.43. The molecule has 1 aliphatic heterocycles. The third kappa shape index (κ3) is 4.00. The first-order valence-electron chi connectivity index (χ1n) is 8.79. The third-order valence-corrected chi connectivity index (χ3v) is 4.65. The number of hydrogen-bond acceptors (Lipinski definition) is 2. The molecule has 0 bridgehead atoms. The van der Waals surface area contributed by atoms with Crippen LogP contribution < -0.4 is 10.1 Å². The van der Waals surface area contributed by atoms with Gasteiger partial charge in [0.2, 0.25) is 0 Å². The fraction of sp³-hybridized carbons (Fsp3) is 0.684. The maximum absolute atomic E-state index is 6.04. The van der Waals surface area contributed by atoms with Gasteiger partial charge in [0.15, 0.2) is 0 Å². The molecular weight excluding hydrogens is 258 g/mol. The number of fused-ring (bicyclic) bond motifs is 1. The Hall–Kier alpha value is -1.02. The van der Waals surface area contributed by atoms with Crippen molar-refractivity contribution in [2.45, 2.75) is 65.3 Å². The van der Waals surface area contributed by atoms with Gasteiger partial charge in [-0.05, 0) is 37.3 Å². The Morgan fingerprint density at radius 1 is 1.24 bits per heavy atom. The van der Waals surface area contributed by atoms with Gasteiger partial charge in [-0.15, -0.1) is 0 Å². The van der Waals surface area contributed by atoms with Crippen molar-refractivity contribution in [3.63, 3.8) is 0 Å². The Morgan fingerprint density at radius 3 is 2.81 bits per heavy atom. The maximum atomic E-state index is 6.04. The molecular formula is C19H31NO. The molecule has 1 heterocycles. The number of para-hydroxylation sites is 1. The molecule has 21 heavy (non-hydrogen) atoms. The van der Waals surface area contributed by atoms with Gasteiger partial charge in [-0.3, -0.25) is 0 Å². The Kier molecular flexibility index (Phi) is 6.56. The highest BCUT2D eigenvalue weighted by Gasteiger charge is 2.26. The second-order valence-corrected chi connectivity index (χ2v) is 6.13. The zero-order valence-electron chi connectivity index (χ0n) is 14.0. The van der Waals surface area contributed by atoms with E-state index >= 15 is 0 Å². The molecule has 0 amide bonds. The number of unbranched alkanes of at least 4 members (excludes halogenated alkanes) is 1. The topological polar surface area (TPSA) is 21.3 Å². The Labute approximate surface area is 130 Å². The van der Waals surface area contributed by atoms with E-state index in [9.17, 15) is 0 Å². The predicted octanol–water partition coefficient (Wildman–Crippen LogP) is 4.88. The summed E-state index contributed by atoms with van der Waals surface area (Å²) < 4.78 is 6.04. The van der Waals surface area contributed by atoms with Crippen LogP contribution in [0.15, 0.2) is 18.2 Å². The van der Waals surface area contributed by atoms with Gasteiger partial charge in [0.05, 0.1) is 6.61 Å². The van der Waals surface area contributed by atoms with Crippen LogP contribution in [0.3, 0.4) is 0 Å². The molecule has 2 heteroatoms. The molecule has 0 fully saturated rings. The molecule has 1 aromatic carbocycles. The van der Waals surface area contributed by atoms with Crippen molar-refractivity contribution in [2.24, 2.45) is 5.92 Å². The smallest absolute Gasteiger partial charge is 0.127 e. The average Bonchev–Trinajstić information content (AvgIpc) is 2.54. The van der Waals surface area contributed by atoms with E-state index in [1.54, 1.807) is 0 Å². The molecule has 1 aliphatic rings. The lowest BCUT2D eigenvalue weighted by Crippen LogP contribution is -2.29. The van der Waals surface area contributed by atoms with Gasteiger partial charge in [-0.25, -0.2) is 0 Å². The maximum Gasteiger partial charge on any atom is 0.127 e. The summed E-state index contributed by atoms with van der Waals surface area (Å²) in [5.74, 6) is 1.87. The van der Waals surface area contributed by atoms with Gasteiger partial charge in [-0.2, -0.15) is 0 Å². The van der Waals surface area contributed by atoms with Crippen LogP contribution in [0.4, 0.5) is 0 Å². The summed E-state index contributed by atoms with van der Waals surface area (Å²) in [7, 11) is 0. The molecule has 2 rings (SSSR count). The highest BCUT2D eigenvalue weighted by atomic mass is 16.5. The van der Waals surface area contributed by atoms with Gasteiger partial charge in [0, 0.05) is 11.6 Å². The highest BCUT2D eigenvalue weighted by molar-refractivity contribution is 5.44. The Bertz CT molecular complexity index is 430. The summed E-state index contributed by atoms with van der Waals surface area (Å²) in [5.41, 5.74) is 2.78. The minimum Gasteiger partial charge on any atom is -0.493 e. The number of aryl methyl sites for hydroxylation is 1. The molecule has 0 aromatic heterocycles. The second-order valence-electron chi connectivity index (χ2n) is 6.13. The van der Waals surface area contributed by atoms with Crippen molar-refractivity contribution in [1.82, 2.24) is 5.32 Å². The Morgan fingerprint density at radius 2 is 2.10 bits per heavy atom. The van der Waals surface area contributed by atoms with E-state index < -0.39 is 0 Å². The normalized spacial score (nSPS) is 16.9. The lowest BCUT2D eigenvalue weighted by Gasteiger charge is -2.31. The standard InChI is InChI=1S/C19H31NO/c1-4-7-10-15(5-2)18(20-6-3)17-13-8-11-16-12-9-14-21-19(16)17/h8,11,13,15,18,20H,4-7,9-10,12,14H2,1-3H3. The summed E-state index contributed by atoms with van der Waals surface area (Å²) >= 11 is 0. The van der Waals surface area contributed by atoms with Crippen molar-refractivity contribution in [1.29, 1.82) is 0 Å². The Balaban J connectivity index is 2.28. The van der Waals surface area contributed by atoms with E-state index in [4.69, 9.17) is 4.74 Å². The first kappa shape index (κ1) is 16.4. The quantitative estimate of drug-likeness (QED) is 0.736. The van der Waals surface area contributed by atoms with E-state index in [1.807, 2.05) is 0 Å². The van der Waals surface area contributed by atoms with Gasteiger partial charge in [0.25, 0.3) is 0 Å². The summed E-state index contributed by atoms with van der Waals surface area (Å²) in [5, 5.41) is 3.73. The first-order chi connectivity index (χ1) is 10.3. The van der Waals surface area contributed by atoms with Crippen LogP contribution in [-0.4, -0.2) is 13.2 Å². The van der Waals surface area contributed by atoms with Crippen molar-refractivity contribution >= 4 is 0 Å². The van der Waals surface area contributed by atoms with Crippen LogP contribution in [0.5, 0.6) is 5.75 Å². The number of hydrogen-bond donors (Lipinski definition) is 1. The fourth-order valence-corrected chi connectivity index (χ4v) is 3.48. The van der Waals surface area contributed by atoms with Crippen LogP contribution >= 0.6 is 0 Å². The molecule has 2 nitrogen and oxygen atoms in total. The molecule has 2 unspecified atom stereocenters. The van der Waals surface area contributed by atoms with E-state index in [2.05, 4.69) is 44.3 Å². The minimum atomic E-state index is 0.430. The molecule has 1 N–H and O–H groups in total. The molecule has 0 saturated carbocycles. The van der Waals surface area contributed by atoms with Crippen LogP contribution in [0, 0.1) is 5.92 Å². The van der Waals surface area contributed by atoms with Crippen LogP contribution in [0.2, 0.25) is 0 Å². The zero-order valence-corrected chi connectivity index (χ0v) is 14.0. The molecule has 0 radical (unpaired) electrons. The lowest BCUT2D eigenvalue weighted by molar-refractivity contribution is 0.268. The SMILES string of the molecule is CCCCC(CC)C(NCC)c1cccc2c1OCCC2. The van der Waals surface area contributed by atoms with E-state index in [-0.39, 0.29) is 0 Å². The predicted molar refractivity (Wildman–Crippen MR) is 90.0 cm³/mol. The van der Waals surface area contributed by atoms with E-state index in [1.165, 1.54) is 42.6 Å². The van der Waals surface area contributed by atoms with Gasteiger partial charge >= 0.3 is 0 Å². The average molecular weight is 289 g/mol. The van der Waals surface area contributed by atoms with Crippen LogP contribution in [0.25, 0.3) is 0 Å². The number of rotatable bonds is 8. The number of nitrogens with one attached hydrogen (secondary N) is 1. The number of ether oxygens (including phenoxy) is 1. The van der Waals surface area contributed by atoms with Crippen molar-refractivity contribution in [3.8, 4) is 5.75 Å². The third-order valence-electron chi connectivity index (χ3n) is 4.65.